The van der Waals surface area contributed by atoms with Crippen LogP contribution in [0.4, 0.5) is 26.3 Å². The SMILES string of the molecule is CCCC[PH](CCCC)(CCCC)CCCC.N=S(C(F)(F)F)C(F)(F)F. The average Bonchev–Trinajstić information content (AvgIpc) is 2.59. The third-order valence-corrected chi connectivity index (χ3v) is 11.3. The van der Waals surface area contributed by atoms with Gasteiger partial charge in [-0.3, -0.25) is 4.78 Å². The number of unbranched alkanes of at least 4 members (excludes halogenated alkanes) is 4. The Labute approximate surface area is 164 Å². The summed E-state index contributed by atoms with van der Waals surface area (Å²) in [6.07, 6.45) is 18.1. The first-order valence-electron chi connectivity index (χ1n) is 9.99. The molecule has 0 aromatic carbocycles. The molecule has 0 unspecified atom stereocenters. The third-order valence-electron chi connectivity index (χ3n) is 4.71. The molecule has 0 aliphatic carbocycles. The summed E-state index contributed by atoms with van der Waals surface area (Å²) >= 11 is 0. The van der Waals surface area contributed by atoms with Crippen LogP contribution in [0.1, 0.15) is 79.1 Å². The van der Waals surface area contributed by atoms with Crippen LogP contribution in [0.25, 0.3) is 0 Å². The largest absolute Gasteiger partial charge is 0.460 e. The van der Waals surface area contributed by atoms with Crippen LogP contribution in [0, 0.1) is 4.78 Å². The van der Waals surface area contributed by atoms with Crippen molar-refractivity contribution in [3.05, 3.63) is 0 Å². The number of rotatable bonds is 12. The van der Waals surface area contributed by atoms with E-state index in [9.17, 15) is 26.3 Å². The first-order valence-corrected chi connectivity index (χ1v) is 14.0. The summed E-state index contributed by atoms with van der Waals surface area (Å²) in [6, 6.07) is 0. The minimum absolute atomic E-state index is 0.879. The number of alkyl halides is 6. The maximum atomic E-state index is 11.0. The summed E-state index contributed by atoms with van der Waals surface area (Å²) in [5, 5.41) is 0. The predicted molar refractivity (Wildman–Crippen MR) is 110 cm³/mol. The van der Waals surface area contributed by atoms with Crippen LogP contribution < -0.4 is 0 Å². The molecule has 0 aliphatic rings. The van der Waals surface area contributed by atoms with Crippen molar-refractivity contribution in [2.75, 3.05) is 24.6 Å². The van der Waals surface area contributed by atoms with Crippen molar-refractivity contribution < 1.29 is 26.3 Å². The molecule has 0 atom stereocenters. The Morgan fingerprint density at radius 1 is 0.593 bits per heavy atom. The maximum absolute atomic E-state index is 11.0. The quantitative estimate of drug-likeness (QED) is 0.231. The van der Waals surface area contributed by atoms with Crippen molar-refractivity contribution in [3.8, 4) is 0 Å². The van der Waals surface area contributed by atoms with Crippen LogP contribution in [0.15, 0.2) is 0 Å². The first-order chi connectivity index (χ1) is 12.4. The van der Waals surface area contributed by atoms with Crippen molar-refractivity contribution in [1.82, 2.24) is 0 Å². The molecule has 0 bridgehead atoms. The molecule has 1 N–H and O–H groups in total. The van der Waals surface area contributed by atoms with Crippen LogP contribution in [-0.2, 0) is 10.7 Å². The Morgan fingerprint density at radius 2 is 0.815 bits per heavy atom. The van der Waals surface area contributed by atoms with Crippen molar-refractivity contribution >= 4 is 18.0 Å². The van der Waals surface area contributed by atoms with Gasteiger partial charge in [-0.2, -0.15) is 26.3 Å². The molecule has 0 heterocycles. The normalized spacial score (nSPS) is 13.4. The van der Waals surface area contributed by atoms with Gasteiger partial charge in [-0.1, -0.05) is 0 Å². The molecule has 0 radical (unpaired) electrons. The molecular formula is C18H38F6NPS. The van der Waals surface area contributed by atoms with Gasteiger partial charge in [0, 0.05) is 0 Å². The van der Waals surface area contributed by atoms with Gasteiger partial charge in [0.25, 0.3) is 0 Å². The molecule has 0 aliphatic heterocycles. The second-order valence-electron chi connectivity index (χ2n) is 7.11. The van der Waals surface area contributed by atoms with Gasteiger partial charge in [0.05, 0.1) is 0 Å². The molecule has 0 aromatic heterocycles. The van der Waals surface area contributed by atoms with E-state index in [-0.39, 0.29) is 0 Å². The standard InChI is InChI=1S/C16H37P.C2HF6NS/c1-5-9-13-17(14-10-6-2,15-11-7-3)16-12-8-4;3-1(4,5)10(9)2(6,7)8/h17H,5-16H2,1-4H3;9H. The fraction of sp³-hybridized carbons (Fsp3) is 1.00. The van der Waals surface area contributed by atoms with Crippen molar-refractivity contribution in [1.29, 1.82) is 4.78 Å². The summed E-state index contributed by atoms with van der Waals surface area (Å²) < 4.78 is 72.0. The summed E-state index contributed by atoms with van der Waals surface area (Å²) in [7, 11) is -5.13. The van der Waals surface area contributed by atoms with E-state index in [0.29, 0.717) is 0 Å². The van der Waals surface area contributed by atoms with E-state index in [1.54, 1.807) is 24.6 Å². The van der Waals surface area contributed by atoms with E-state index < -0.39 is 29.0 Å². The second kappa shape index (κ2) is 15.1. The Morgan fingerprint density at radius 3 is 0.926 bits per heavy atom. The molecule has 27 heavy (non-hydrogen) atoms. The van der Waals surface area contributed by atoms with Crippen LogP contribution in [-0.4, -0.2) is 35.7 Å². The van der Waals surface area contributed by atoms with E-state index in [0.717, 1.165) is 0 Å². The van der Waals surface area contributed by atoms with E-state index >= 15 is 0 Å². The van der Waals surface area contributed by atoms with Gasteiger partial charge in [0.1, 0.15) is 10.7 Å². The van der Waals surface area contributed by atoms with Gasteiger partial charge in [0.15, 0.2) is 0 Å². The van der Waals surface area contributed by atoms with Crippen molar-refractivity contribution in [2.24, 2.45) is 0 Å². The average molecular weight is 446 g/mol. The zero-order chi connectivity index (χ0) is 21.6. The molecule has 0 amide bonds. The third kappa shape index (κ3) is 14.8. The van der Waals surface area contributed by atoms with Crippen molar-refractivity contribution in [2.45, 2.75) is 90.1 Å². The van der Waals surface area contributed by atoms with E-state index in [4.69, 9.17) is 4.78 Å². The predicted octanol–water partition coefficient (Wildman–Crippen LogP) is 8.34. The number of hydrogen-bond acceptors (Lipinski definition) is 1. The van der Waals surface area contributed by atoms with Gasteiger partial charge in [-0.05, 0) is 0 Å². The summed E-state index contributed by atoms with van der Waals surface area (Å²) in [5.41, 5.74) is -11.0. The van der Waals surface area contributed by atoms with Crippen molar-refractivity contribution in [3.63, 3.8) is 0 Å². The molecule has 0 spiro atoms. The summed E-state index contributed by atoms with van der Waals surface area (Å²) in [5.74, 6) is 0. The van der Waals surface area contributed by atoms with Gasteiger partial charge in [-0.15, -0.1) is 0 Å². The van der Waals surface area contributed by atoms with Crippen LogP contribution in [0.5, 0.6) is 0 Å². The smallest absolute Gasteiger partial charge is 0.265 e. The number of halogens is 6. The second-order valence-corrected chi connectivity index (χ2v) is 13.7. The molecule has 1 nitrogen and oxygen atoms in total. The molecule has 168 valence electrons. The van der Waals surface area contributed by atoms with Crippen LogP contribution in [0.3, 0.4) is 0 Å². The molecule has 9 heteroatoms. The maximum Gasteiger partial charge on any atom is 0.460 e. The zero-order valence-electron chi connectivity index (χ0n) is 17.2. The molecular weight excluding hydrogens is 407 g/mol. The Bertz CT molecular complexity index is 332. The minimum atomic E-state index is -5.49. The fourth-order valence-electron chi connectivity index (χ4n) is 3.09. The Hall–Kier alpha value is 0.160. The van der Waals surface area contributed by atoms with E-state index in [2.05, 4.69) is 27.7 Å². The van der Waals surface area contributed by atoms with Gasteiger partial charge >= 0.3 is 122 Å². The zero-order valence-corrected chi connectivity index (χ0v) is 19.0. The molecule has 0 saturated carbocycles. The van der Waals surface area contributed by atoms with E-state index in [1.807, 2.05) is 0 Å². The molecule has 0 fully saturated rings. The van der Waals surface area contributed by atoms with E-state index in [1.165, 1.54) is 51.4 Å². The van der Waals surface area contributed by atoms with Gasteiger partial charge < -0.3 is 0 Å². The first kappa shape index (κ1) is 29.4. The Kier molecular flexibility index (Phi) is 16.4. The molecule has 0 rings (SSSR count). The molecule has 0 saturated heterocycles. The number of hydrogen-bond donors (Lipinski definition) is 1. The number of nitrogens with one attached hydrogen (secondary N) is 1. The Balaban J connectivity index is 0. The van der Waals surface area contributed by atoms with Crippen LogP contribution >= 0.6 is 7.26 Å². The minimum Gasteiger partial charge on any atom is -0.265 e. The topological polar surface area (TPSA) is 23.9 Å². The summed E-state index contributed by atoms with van der Waals surface area (Å²) in [6.45, 7) is 9.44. The fourth-order valence-corrected chi connectivity index (χ4v) is 9.26. The summed E-state index contributed by atoms with van der Waals surface area (Å²) in [4.78, 5) is 0. The monoisotopic (exact) mass is 445 g/mol. The van der Waals surface area contributed by atoms with Gasteiger partial charge in [-0.25, -0.2) is 0 Å². The molecule has 0 aromatic rings. The van der Waals surface area contributed by atoms with Crippen LogP contribution in [0.2, 0.25) is 0 Å². The van der Waals surface area contributed by atoms with Gasteiger partial charge in [0.2, 0.25) is 0 Å².